The highest BCUT2D eigenvalue weighted by atomic mass is 35.5. The fraction of sp³-hybridized carbons (Fsp3) is 0.125. The summed E-state index contributed by atoms with van der Waals surface area (Å²) in [6.07, 6.45) is 0. The minimum absolute atomic E-state index is 0.434. The second-order valence-corrected chi connectivity index (χ2v) is 5.32. The molecule has 24 heavy (non-hydrogen) atoms. The molecule has 1 heterocycles. The Morgan fingerprint density at radius 1 is 1.08 bits per heavy atom. The van der Waals surface area contributed by atoms with E-state index in [0.29, 0.717) is 29.6 Å². The van der Waals surface area contributed by atoms with Crippen molar-refractivity contribution in [3.05, 3.63) is 59.1 Å². The number of rotatable bonds is 6. The van der Waals surface area contributed by atoms with Crippen LogP contribution in [0, 0.1) is 11.3 Å². The highest BCUT2D eigenvalue weighted by Crippen LogP contribution is 2.20. The van der Waals surface area contributed by atoms with Gasteiger partial charge in [-0.15, -0.1) is 0 Å². The van der Waals surface area contributed by atoms with E-state index in [0.717, 1.165) is 11.4 Å². The largest absolute Gasteiger partial charge is 0.383 e. The number of hydrogen-bond acceptors (Lipinski definition) is 6. The Kier molecular flexibility index (Phi) is 4.89. The summed E-state index contributed by atoms with van der Waals surface area (Å²) in [5.41, 5.74) is 2.20. The van der Waals surface area contributed by atoms with Crippen molar-refractivity contribution >= 4 is 23.2 Å². The lowest BCUT2D eigenvalue weighted by Crippen LogP contribution is -2.16. The number of nitriles is 1. The number of para-hydroxylation sites is 1. The van der Waals surface area contributed by atoms with Gasteiger partial charge in [0, 0.05) is 18.8 Å². The first kappa shape index (κ1) is 15.8. The number of aromatic nitrogens is 4. The van der Waals surface area contributed by atoms with Crippen molar-refractivity contribution in [1.29, 1.82) is 5.26 Å². The van der Waals surface area contributed by atoms with Crippen LogP contribution in [0.4, 0.5) is 11.6 Å². The van der Waals surface area contributed by atoms with E-state index >= 15 is 0 Å². The van der Waals surface area contributed by atoms with Crippen molar-refractivity contribution in [1.82, 2.24) is 20.2 Å². The van der Waals surface area contributed by atoms with Crippen LogP contribution in [0.1, 0.15) is 5.56 Å². The first-order valence-corrected chi connectivity index (χ1v) is 7.67. The zero-order valence-electron chi connectivity index (χ0n) is 12.6. The minimum Gasteiger partial charge on any atom is -0.383 e. The van der Waals surface area contributed by atoms with Crippen LogP contribution in [-0.4, -0.2) is 33.3 Å². The second-order valence-electron chi connectivity index (χ2n) is 4.91. The molecule has 0 bridgehead atoms. The average molecular weight is 340 g/mol. The van der Waals surface area contributed by atoms with Gasteiger partial charge in [-0.05, 0) is 40.8 Å². The molecule has 2 aromatic carbocycles. The molecule has 3 rings (SSSR count). The van der Waals surface area contributed by atoms with Crippen molar-refractivity contribution in [2.24, 2.45) is 0 Å². The fourth-order valence-electron chi connectivity index (χ4n) is 2.14. The molecule has 120 valence electrons. The van der Waals surface area contributed by atoms with Gasteiger partial charge in [0.2, 0.25) is 5.95 Å². The van der Waals surface area contributed by atoms with Gasteiger partial charge in [0.25, 0.3) is 0 Å². The molecular weight excluding hydrogens is 326 g/mol. The summed E-state index contributed by atoms with van der Waals surface area (Å²) in [5, 5.41) is 27.4. The molecule has 0 unspecified atom stereocenters. The molecule has 0 saturated carbocycles. The lowest BCUT2D eigenvalue weighted by atomic mass is 10.2. The highest BCUT2D eigenvalue weighted by molar-refractivity contribution is 6.32. The predicted octanol–water partition coefficient (Wildman–Crippen LogP) is 2.71. The van der Waals surface area contributed by atoms with Crippen molar-refractivity contribution in [3.63, 3.8) is 0 Å². The summed E-state index contributed by atoms with van der Waals surface area (Å²) in [7, 11) is 0. The topological polar surface area (TPSA) is 91.4 Å². The number of hydrogen-bond donors (Lipinski definition) is 2. The maximum Gasteiger partial charge on any atom is 0.247 e. The van der Waals surface area contributed by atoms with Crippen LogP contribution < -0.4 is 10.6 Å². The van der Waals surface area contributed by atoms with Crippen LogP contribution in [0.2, 0.25) is 5.02 Å². The first-order chi connectivity index (χ1) is 11.8. The van der Waals surface area contributed by atoms with Gasteiger partial charge in [-0.3, -0.25) is 0 Å². The van der Waals surface area contributed by atoms with Gasteiger partial charge in [-0.2, -0.15) is 9.94 Å². The fourth-order valence-corrected chi connectivity index (χ4v) is 2.36. The molecule has 8 heteroatoms. The molecule has 0 atom stereocenters. The molecule has 0 radical (unpaired) electrons. The highest BCUT2D eigenvalue weighted by Gasteiger charge is 2.06. The summed E-state index contributed by atoms with van der Waals surface area (Å²) >= 11 is 6.00. The maximum absolute atomic E-state index is 8.86. The normalized spacial score (nSPS) is 10.2. The van der Waals surface area contributed by atoms with Gasteiger partial charge in [-0.25, -0.2) is 0 Å². The van der Waals surface area contributed by atoms with Gasteiger partial charge in [0.1, 0.15) is 6.07 Å². The van der Waals surface area contributed by atoms with Crippen molar-refractivity contribution in [2.45, 2.75) is 0 Å². The quantitative estimate of drug-likeness (QED) is 0.671. The van der Waals surface area contributed by atoms with Crippen molar-refractivity contribution in [3.8, 4) is 11.8 Å². The summed E-state index contributed by atoms with van der Waals surface area (Å²) < 4.78 is 1.64. The number of anilines is 2. The molecular formula is C16H14ClN7. The summed E-state index contributed by atoms with van der Waals surface area (Å²) in [5.74, 6) is 0.570. The Morgan fingerprint density at radius 3 is 2.62 bits per heavy atom. The van der Waals surface area contributed by atoms with Crippen LogP contribution in [0.15, 0.2) is 48.5 Å². The Morgan fingerprint density at radius 2 is 1.88 bits per heavy atom. The molecule has 0 aliphatic rings. The number of nitrogens with zero attached hydrogens (tertiary/aromatic N) is 5. The number of benzene rings is 2. The lowest BCUT2D eigenvalue weighted by molar-refractivity contribution is 0.789. The maximum atomic E-state index is 8.86. The summed E-state index contributed by atoms with van der Waals surface area (Å²) in [4.78, 5) is 0. The third-order valence-corrected chi connectivity index (χ3v) is 3.61. The monoisotopic (exact) mass is 339 g/mol. The summed E-state index contributed by atoms with van der Waals surface area (Å²) in [6, 6.07) is 16.9. The van der Waals surface area contributed by atoms with E-state index < -0.39 is 0 Å². The zero-order valence-corrected chi connectivity index (χ0v) is 13.4. The summed E-state index contributed by atoms with van der Waals surface area (Å²) in [6.45, 7) is 1.26. The van der Waals surface area contributed by atoms with E-state index in [4.69, 9.17) is 16.9 Å². The number of nitrogens with one attached hydrogen (secondary N) is 2. The third-order valence-electron chi connectivity index (χ3n) is 3.30. The molecule has 0 saturated heterocycles. The van der Waals surface area contributed by atoms with E-state index in [1.54, 1.807) is 16.8 Å². The molecule has 0 aliphatic heterocycles. The van der Waals surface area contributed by atoms with Gasteiger partial charge >= 0.3 is 0 Å². The zero-order chi connectivity index (χ0) is 16.8. The van der Waals surface area contributed by atoms with Gasteiger partial charge in [0.15, 0.2) is 0 Å². The molecule has 0 aliphatic carbocycles. The number of halogens is 1. The van der Waals surface area contributed by atoms with Gasteiger partial charge in [0.05, 0.1) is 16.3 Å². The van der Waals surface area contributed by atoms with Gasteiger partial charge < -0.3 is 10.6 Å². The SMILES string of the molecule is N#Cc1ccc(NCCNc2nnnn2-c2ccccc2)cc1Cl. The molecule has 0 spiro atoms. The van der Waals surface area contributed by atoms with Crippen LogP contribution in [0.5, 0.6) is 0 Å². The Labute approximate surface area is 143 Å². The smallest absolute Gasteiger partial charge is 0.247 e. The Balaban J connectivity index is 1.56. The average Bonchev–Trinajstić information content (AvgIpc) is 3.08. The predicted molar refractivity (Wildman–Crippen MR) is 92.3 cm³/mol. The number of tetrazole rings is 1. The van der Waals surface area contributed by atoms with E-state index in [1.807, 2.05) is 42.5 Å². The van der Waals surface area contributed by atoms with Crippen molar-refractivity contribution < 1.29 is 0 Å². The van der Waals surface area contributed by atoms with Crippen LogP contribution in [0.25, 0.3) is 5.69 Å². The molecule has 0 amide bonds. The Hall–Kier alpha value is -3.11. The van der Waals surface area contributed by atoms with Crippen molar-refractivity contribution in [2.75, 3.05) is 23.7 Å². The van der Waals surface area contributed by atoms with Crippen LogP contribution in [0.3, 0.4) is 0 Å². The van der Waals surface area contributed by atoms with E-state index in [9.17, 15) is 0 Å². The van der Waals surface area contributed by atoms with E-state index in [2.05, 4.69) is 26.2 Å². The van der Waals surface area contributed by atoms with Crippen LogP contribution in [-0.2, 0) is 0 Å². The van der Waals surface area contributed by atoms with E-state index in [1.165, 1.54) is 0 Å². The molecule has 7 nitrogen and oxygen atoms in total. The first-order valence-electron chi connectivity index (χ1n) is 7.29. The molecule has 1 aromatic heterocycles. The standard InChI is InChI=1S/C16H14ClN7/c17-15-10-13(7-6-12(15)11-18)19-8-9-20-16-21-22-23-24(16)14-4-2-1-3-5-14/h1-7,10,19H,8-9H2,(H,20,21,23). The Bertz CT molecular complexity index is 854. The molecule has 0 fully saturated rings. The lowest BCUT2D eigenvalue weighted by Gasteiger charge is -2.09. The van der Waals surface area contributed by atoms with Crippen LogP contribution >= 0.6 is 11.6 Å². The van der Waals surface area contributed by atoms with E-state index in [-0.39, 0.29) is 0 Å². The third kappa shape index (κ3) is 3.62. The van der Waals surface area contributed by atoms with Gasteiger partial charge in [-0.1, -0.05) is 34.9 Å². The minimum atomic E-state index is 0.434. The molecule has 2 N–H and O–H groups in total. The molecule has 3 aromatic rings. The second kappa shape index (κ2) is 7.44.